The highest BCUT2D eigenvalue weighted by molar-refractivity contribution is 6.06. The topological polar surface area (TPSA) is 41.9 Å². The lowest BCUT2D eigenvalue weighted by molar-refractivity contribution is -0.0614. The average Bonchev–Trinajstić information content (AvgIpc) is 3.23. The SMILES string of the molecule is CN(C)C1Oc2cc3c(O)cc4c(c3cc2O1)-c1ccccc1C41CC(C)(C)CC(C)(C)C1. The molecule has 33 heavy (non-hydrogen) atoms. The van der Waals surface area contributed by atoms with Crippen LogP contribution < -0.4 is 9.47 Å². The molecule has 1 unspecified atom stereocenters. The lowest BCUT2D eigenvalue weighted by Gasteiger charge is -2.51. The van der Waals surface area contributed by atoms with Gasteiger partial charge in [0.05, 0.1) is 0 Å². The Morgan fingerprint density at radius 2 is 1.42 bits per heavy atom. The van der Waals surface area contributed by atoms with Crippen molar-refractivity contribution in [2.24, 2.45) is 10.8 Å². The van der Waals surface area contributed by atoms with Crippen LogP contribution in [0.4, 0.5) is 0 Å². The van der Waals surface area contributed by atoms with Crippen LogP contribution in [0, 0.1) is 10.8 Å². The zero-order valence-electron chi connectivity index (χ0n) is 20.5. The molecule has 0 radical (unpaired) electrons. The molecule has 4 nitrogen and oxygen atoms in total. The molecule has 1 N–H and O–H groups in total. The third-order valence-corrected chi connectivity index (χ3v) is 7.80. The lowest BCUT2D eigenvalue weighted by atomic mass is 9.52. The Balaban J connectivity index is 1.65. The van der Waals surface area contributed by atoms with E-state index in [4.69, 9.17) is 9.47 Å². The lowest BCUT2D eigenvalue weighted by Crippen LogP contribution is -2.43. The van der Waals surface area contributed by atoms with Gasteiger partial charge in [0.2, 0.25) is 0 Å². The third-order valence-electron chi connectivity index (χ3n) is 7.80. The predicted octanol–water partition coefficient (Wildman–Crippen LogP) is 6.66. The first kappa shape index (κ1) is 20.9. The molecule has 3 aromatic carbocycles. The van der Waals surface area contributed by atoms with Crippen molar-refractivity contribution in [1.29, 1.82) is 0 Å². The monoisotopic (exact) mass is 443 g/mol. The Kier molecular flexibility index (Phi) is 4.07. The van der Waals surface area contributed by atoms with Crippen LogP contribution in [-0.4, -0.2) is 30.5 Å². The van der Waals surface area contributed by atoms with Gasteiger partial charge in [-0.3, -0.25) is 0 Å². The van der Waals surface area contributed by atoms with Gasteiger partial charge in [0.25, 0.3) is 0 Å². The molecule has 1 saturated carbocycles. The van der Waals surface area contributed by atoms with E-state index in [-0.39, 0.29) is 16.2 Å². The molecule has 1 fully saturated rings. The quantitative estimate of drug-likeness (QED) is 0.456. The minimum Gasteiger partial charge on any atom is -0.507 e. The number of ether oxygens (including phenoxy) is 2. The maximum atomic E-state index is 11.3. The van der Waals surface area contributed by atoms with Crippen molar-refractivity contribution in [1.82, 2.24) is 4.90 Å². The molecule has 0 aromatic heterocycles. The van der Waals surface area contributed by atoms with E-state index in [0.717, 1.165) is 29.4 Å². The molecule has 1 heterocycles. The van der Waals surface area contributed by atoms with Gasteiger partial charge in [0, 0.05) is 10.8 Å². The molecule has 2 aliphatic carbocycles. The van der Waals surface area contributed by atoms with E-state index < -0.39 is 6.41 Å². The molecular formula is C29H33NO3. The van der Waals surface area contributed by atoms with E-state index in [1.165, 1.54) is 28.7 Å². The summed E-state index contributed by atoms with van der Waals surface area (Å²) in [6.07, 6.45) is 2.89. The highest BCUT2D eigenvalue weighted by Crippen LogP contribution is 2.65. The van der Waals surface area contributed by atoms with Crippen LogP contribution in [0.1, 0.15) is 58.1 Å². The van der Waals surface area contributed by atoms with Gasteiger partial charge in [-0.15, -0.1) is 0 Å². The number of nitrogens with zero attached hydrogens (tertiary/aromatic N) is 1. The zero-order valence-corrected chi connectivity index (χ0v) is 20.5. The van der Waals surface area contributed by atoms with Crippen molar-refractivity contribution in [3.05, 3.63) is 53.6 Å². The molecular weight excluding hydrogens is 410 g/mol. The van der Waals surface area contributed by atoms with Gasteiger partial charge in [0.1, 0.15) is 5.75 Å². The number of phenols is 1. The molecule has 172 valence electrons. The Hall–Kier alpha value is -2.72. The van der Waals surface area contributed by atoms with Crippen LogP contribution in [0.25, 0.3) is 21.9 Å². The van der Waals surface area contributed by atoms with Gasteiger partial charge >= 0.3 is 6.41 Å². The van der Waals surface area contributed by atoms with E-state index >= 15 is 0 Å². The second-order valence-corrected chi connectivity index (χ2v) is 12.2. The summed E-state index contributed by atoms with van der Waals surface area (Å²) >= 11 is 0. The Morgan fingerprint density at radius 3 is 2.06 bits per heavy atom. The molecule has 0 amide bonds. The predicted molar refractivity (Wildman–Crippen MR) is 132 cm³/mol. The van der Waals surface area contributed by atoms with Gasteiger partial charge in [-0.1, -0.05) is 52.0 Å². The first-order valence-corrected chi connectivity index (χ1v) is 11.9. The second-order valence-electron chi connectivity index (χ2n) is 12.2. The molecule has 1 spiro atoms. The highest BCUT2D eigenvalue weighted by Gasteiger charge is 2.53. The number of hydrogen-bond acceptors (Lipinski definition) is 4. The Morgan fingerprint density at radius 1 is 0.818 bits per heavy atom. The second kappa shape index (κ2) is 6.44. The minimum absolute atomic E-state index is 0.106. The van der Waals surface area contributed by atoms with Crippen molar-refractivity contribution in [3.8, 4) is 28.4 Å². The fourth-order valence-corrected chi connectivity index (χ4v) is 7.48. The summed E-state index contributed by atoms with van der Waals surface area (Å²) in [6.45, 7) is 9.60. The molecule has 0 bridgehead atoms. The fraction of sp³-hybridized carbons (Fsp3) is 0.448. The summed E-state index contributed by atoms with van der Waals surface area (Å²) in [5, 5.41) is 13.1. The van der Waals surface area contributed by atoms with Crippen LogP contribution >= 0.6 is 0 Å². The van der Waals surface area contributed by atoms with E-state index in [9.17, 15) is 5.11 Å². The minimum atomic E-state index is -0.453. The summed E-state index contributed by atoms with van der Waals surface area (Å²) in [6, 6.07) is 14.9. The molecule has 3 aromatic rings. The Bertz CT molecular complexity index is 1290. The van der Waals surface area contributed by atoms with Crippen LogP contribution in [-0.2, 0) is 5.41 Å². The smallest absolute Gasteiger partial charge is 0.304 e. The number of hydrogen-bond donors (Lipinski definition) is 1. The number of benzene rings is 3. The van der Waals surface area contributed by atoms with Crippen molar-refractivity contribution in [2.45, 2.75) is 58.8 Å². The average molecular weight is 444 g/mol. The van der Waals surface area contributed by atoms with Crippen molar-refractivity contribution < 1.29 is 14.6 Å². The first-order chi connectivity index (χ1) is 15.5. The summed E-state index contributed by atoms with van der Waals surface area (Å²) in [7, 11) is 3.86. The number of rotatable bonds is 1. The molecule has 4 heteroatoms. The maximum absolute atomic E-state index is 11.3. The normalized spacial score (nSPS) is 23.2. The van der Waals surface area contributed by atoms with Crippen LogP contribution in [0.3, 0.4) is 0 Å². The summed E-state index contributed by atoms with van der Waals surface area (Å²) < 4.78 is 12.1. The fourth-order valence-electron chi connectivity index (χ4n) is 7.48. The summed E-state index contributed by atoms with van der Waals surface area (Å²) in [4.78, 5) is 1.89. The maximum Gasteiger partial charge on any atom is 0.304 e. The van der Waals surface area contributed by atoms with E-state index in [2.05, 4.69) is 58.0 Å². The van der Waals surface area contributed by atoms with Crippen LogP contribution in [0.2, 0.25) is 0 Å². The number of fused-ring (bicyclic) bond motifs is 8. The standard InChI is InChI=1S/C29H33NO3/c1-27(2)14-28(3,4)16-29(15-27)20-10-8-7-9-17(20)25-19-12-24-23(32-26(33-24)30(5)6)11-18(19)22(31)13-21(25)29/h7-13,26,31H,14-16H2,1-6H3. The van der Waals surface area contributed by atoms with Gasteiger partial charge in [0.15, 0.2) is 11.5 Å². The first-order valence-electron chi connectivity index (χ1n) is 11.9. The van der Waals surface area contributed by atoms with Gasteiger partial charge in [-0.2, -0.15) is 0 Å². The van der Waals surface area contributed by atoms with Crippen molar-refractivity contribution in [3.63, 3.8) is 0 Å². The Labute approximate surface area is 196 Å². The molecule has 6 rings (SSSR count). The van der Waals surface area contributed by atoms with E-state index in [0.29, 0.717) is 11.5 Å². The van der Waals surface area contributed by atoms with Gasteiger partial charge < -0.3 is 14.6 Å². The molecule has 3 aliphatic rings. The summed E-state index contributed by atoms with van der Waals surface area (Å²) in [5.74, 6) is 1.73. The zero-order chi connectivity index (χ0) is 23.3. The third kappa shape index (κ3) is 2.93. The number of phenolic OH excluding ortho intramolecular Hbond substituents is 1. The van der Waals surface area contributed by atoms with Crippen LogP contribution in [0.5, 0.6) is 17.2 Å². The molecule has 0 saturated heterocycles. The van der Waals surface area contributed by atoms with Crippen molar-refractivity contribution in [2.75, 3.05) is 14.1 Å². The summed E-state index contributed by atoms with van der Waals surface area (Å²) in [5.41, 5.74) is 5.49. The van der Waals surface area contributed by atoms with Gasteiger partial charge in [-0.05, 0) is 90.0 Å². The largest absolute Gasteiger partial charge is 0.507 e. The molecule has 1 aliphatic heterocycles. The highest BCUT2D eigenvalue weighted by atomic mass is 16.7. The van der Waals surface area contributed by atoms with Crippen molar-refractivity contribution >= 4 is 10.8 Å². The van der Waals surface area contributed by atoms with Gasteiger partial charge in [-0.25, -0.2) is 4.90 Å². The van der Waals surface area contributed by atoms with E-state index in [1.54, 1.807) is 0 Å². The van der Waals surface area contributed by atoms with Crippen LogP contribution in [0.15, 0.2) is 42.5 Å². The number of aromatic hydroxyl groups is 1. The molecule has 1 atom stereocenters. The van der Waals surface area contributed by atoms with E-state index in [1.807, 2.05) is 31.1 Å².